The number of hydrogen-bond donors (Lipinski definition) is 4. The summed E-state index contributed by atoms with van der Waals surface area (Å²) in [5, 5.41) is 10.3. The first-order valence-electron chi connectivity index (χ1n) is 14.0. The van der Waals surface area contributed by atoms with E-state index in [2.05, 4.69) is 21.3 Å². The average molecular weight is 590 g/mol. The predicted molar refractivity (Wildman–Crippen MR) is 153 cm³/mol. The van der Waals surface area contributed by atoms with Gasteiger partial charge in [-0.15, -0.1) is 0 Å². The van der Waals surface area contributed by atoms with E-state index in [1.807, 2.05) is 13.8 Å². The smallest absolute Gasteiger partial charge is 0.408 e. The molecule has 0 unspecified atom stereocenters. The number of carbonyl (C=O) groups is 6. The highest BCUT2D eigenvalue weighted by molar-refractivity contribution is 5.97. The van der Waals surface area contributed by atoms with E-state index in [1.54, 1.807) is 51.1 Å². The minimum atomic E-state index is -1.22. The molecule has 1 fully saturated rings. The molecular formula is C29H43N5O8. The van der Waals surface area contributed by atoms with Gasteiger partial charge in [0.15, 0.2) is 0 Å². The molecule has 0 aromatic heterocycles. The largest absolute Gasteiger partial charge is 0.467 e. The third kappa shape index (κ3) is 11.0. The Kier molecular flexibility index (Phi) is 12.8. The third-order valence-corrected chi connectivity index (χ3v) is 6.31. The first-order valence-corrected chi connectivity index (χ1v) is 14.0. The summed E-state index contributed by atoms with van der Waals surface area (Å²) in [6.45, 7) is 8.54. The van der Waals surface area contributed by atoms with E-state index in [4.69, 9.17) is 9.47 Å². The Morgan fingerprint density at radius 3 is 2.24 bits per heavy atom. The summed E-state index contributed by atoms with van der Waals surface area (Å²) in [4.78, 5) is 77.4. The number of nitrogens with zero attached hydrogens (tertiary/aromatic N) is 1. The second-order valence-electron chi connectivity index (χ2n) is 11.5. The van der Waals surface area contributed by atoms with Crippen molar-refractivity contribution in [3.63, 3.8) is 0 Å². The molecule has 3 atom stereocenters. The lowest BCUT2D eigenvalue weighted by Crippen LogP contribution is -2.56. The van der Waals surface area contributed by atoms with Gasteiger partial charge in [0.05, 0.1) is 13.7 Å². The zero-order valence-electron chi connectivity index (χ0n) is 25.2. The Morgan fingerprint density at radius 2 is 1.64 bits per heavy atom. The summed E-state index contributed by atoms with van der Waals surface area (Å²) in [6.07, 6.45) is 0.428. The molecule has 42 heavy (non-hydrogen) atoms. The SMILES string of the molecule is COC(=O)[C@H](CNC(=O)[C@H](CC(C)C)NC(=O)[C@@H]1CCCN1C(=O)CNC(=O)c1ccccc1)NC(=O)OC(C)(C)C. The predicted octanol–water partition coefficient (Wildman–Crippen LogP) is 1.12. The first-order chi connectivity index (χ1) is 19.7. The van der Waals surface area contributed by atoms with Crippen LogP contribution in [0.15, 0.2) is 30.3 Å². The molecule has 0 bridgehead atoms. The summed E-state index contributed by atoms with van der Waals surface area (Å²) in [6, 6.07) is 5.49. The molecule has 0 spiro atoms. The quantitative estimate of drug-likeness (QED) is 0.263. The molecule has 4 N–H and O–H groups in total. The van der Waals surface area contributed by atoms with Gasteiger partial charge >= 0.3 is 12.1 Å². The van der Waals surface area contributed by atoms with Crippen LogP contribution in [0.25, 0.3) is 0 Å². The molecule has 1 saturated heterocycles. The highest BCUT2D eigenvalue weighted by Gasteiger charge is 2.36. The van der Waals surface area contributed by atoms with E-state index >= 15 is 0 Å². The number of rotatable bonds is 12. The van der Waals surface area contributed by atoms with Crippen molar-refractivity contribution < 1.29 is 38.2 Å². The minimum absolute atomic E-state index is 0.0202. The van der Waals surface area contributed by atoms with E-state index in [9.17, 15) is 28.8 Å². The van der Waals surface area contributed by atoms with Gasteiger partial charge in [0.25, 0.3) is 5.91 Å². The molecule has 0 aliphatic carbocycles. The van der Waals surface area contributed by atoms with Gasteiger partial charge in [0.1, 0.15) is 23.7 Å². The number of methoxy groups -OCH3 is 1. The van der Waals surface area contributed by atoms with Gasteiger partial charge in [-0.3, -0.25) is 19.2 Å². The van der Waals surface area contributed by atoms with Crippen LogP contribution in [0.4, 0.5) is 4.79 Å². The van der Waals surface area contributed by atoms with Crippen LogP contribution >= 0.6 is 0 Å². The molecular weight excluding hydrogens is 546 g/mol. The third-order valence-electron chi connectivity index (χ3n) is 6.31. The van der Waals surface area contributed by atoms with Crippen LogP contribution < -0.4 is 21.3 Å². The molecule has 1 aromatic rings. The number of alkyl carbamates (subject to hydrolysis) is 1. The van der Waals surface area contributed by atoms with Crippen molar-refractivity contribution in [2.75, 3.05) is 26.7 Å². The van der Waals surface area contributed by atoms with E-state index in [1.165, 1.54) is 4.90 Å². The summed E-state index contributed by atoms with van der Waals surface area (Å²) in [5.41, 5.74) is -0.386. The minimum Gasteiger partial charge on any atom is -0.467 e. The lowest BCUT2D eigenvalue weighted by molar-refractivity contribution is -0.143. The normalized spacial score (nSPS) is 16.2. The van der Waals surface area contributed by atoms with Gasteiger partial charge in [-0.1, -0.05) is 32.0 Å². The van der Waals surface area contributed by atoms with Crippen LogP contribution in [0, 0.1) is 5.92 Å². The molecule has 5 amide bonds. The maximum absolute atomic E-state index is 13.3. The highest BCUT2D eigenvalue weighted by Crippen LogP contribution is 2.18. The maximum Gasteiger partial charge on any atom is 0.408 e. The lowest BCUT2D eigenvalue weighted by atomic mass is 10.0. The number of hydrogen-bond acceptors (Lipinski definition) is 8. The van der Waals surface area contributed by atoms with Crippen molar-refractivity contribution in [1.29, 1.82) is 0 Å². The molecule has 0 saturated carbocycles. The van der Waals surface area contributed by atoms with Crippen LogP contribution in [-0.4, -0.2) is 91.1 Å². The van der Waals surface area contributed by atoms with E-state index in [0.29, 0.717) is 24.9 Å². The van der Waals surface area contributed by atoms with Crippen molar-refractivity contribution >= 4 is 35.7 Å². The molecule has 1 heterocycles. The van der Waals surface area contributed by atoms with Crippen LogP contribution in [0.5, 0.6) is 0 Å². The van der Waals surface area contributed by atoms with Crippen molar-refractivity contribution in [2.45, 2.75) is 77.6 Å². The summed E-state index contributed by atoms with van der Waals surface area (Å²) in [7, 11) is 1.15. The monoisotopic (exact) mass is 589 g/mol. The number of ether oxygens (including phenoxy) is 2. The molecule has 0 radical (unpaired) electrons. The standard InChI is InChI=1S/C29H43N5O8/c1-18(2)15-20(25(37)30-16-21(27(39)41-6)33-28(40)42-29(3,4)5)32-26(38)22-13-10-14-34(22)23(35)17-31-24(36)19-11-8-7-9-12-19/h7-9,11-12,18,20-22H,10,13-17H2,1-6H3,(H,30,37)(H,31,36)(H,32,38)(H,33,40)/t20-,21-,22-/m0/s1. The van der Waals surface area contributed by atoms with Crippen LogP contribution in [0.2, 0.25) is 0 Å². The van der Waals surface area contributed by atoms with Crippen LogP contribution in [-0.2, 0) is 28.7 Å². The van der Waals surface area contributed by atoms with E-state index in [0.717, 1.165) is 7.11 Å². The average Bonchev–Trinajstić information content (AvgIpc) is 3.42. The van der Waals surface area contributed by atoms with E-state index in [-0.39, 0.29) is 25.4 Å². The molecule has 232 valence electrons. The van der Waals surface area contributed by atoms with Gasteiger partial charge in [-0.05, 0) is 58.1 Å². The second kappa shape index (κ2) is 15.7. The zero-order valence-corrected chi connectivity index (χ0v) is 25.2. The number of likely N-dealkylation sites (tertiary alicyclic amines) is 1. The van der Waals surface area contributed by atoms with Gasteiger partial charge in [-0.25, -0.2) is 9.59 Å². The Labute approximate surface area is 246 Å². The molecule has 13 heteroatoms. The Balaban J connectivity index is 2.01. The Morgan fingerprint density at radius 1 is 0.976 bits per heavy atom. The molecule has 1 aliphatic heterocycles. The van der Waals surface area contributed by atoms with Gasteiger partial charge < -0.3 is 35.6 Å². The van der Waals surface area contributed by atoms with Gasteiger partial charge in [0, 0.05) is 18.7 Å². The number of benzene rings is 1. The fourth-order valence-electron chi connectivity index (χ4n) is 4.37. The van der Waals surface area contributed by atoms with Crippen molar-refractivity contribution in [3.05, 3.63) is 35.9 Å². The zero-order chi connectivity index (χ0) is 31.4. The van der Waals surface area contributed by atoms with Crippen molar-refractivity contribution in [2.24, 2.45) is 5.92 Å². The van der Waals surface area contributed by atoms with Crippen molar-refractivity contribution in [1.82, 2.24) is 26.2 Å². The van der Waals surface area contributed by atoms with E-state index < -0.39 is 59.4 Å². The molecule has 2 rings (SSSR count). The molecule has 1 aromatic carbocycles. The number of carbonyl (C=O) groups excluding carboxylic acids is 6. The lowest BCUT2D eigenvalue weighted by Gasteiger charge is -2.27. The van der Waals surface area contributed by atoms with Gasteiger partial charge in [0.2, 0.25) is 17.7 Å². The topological polar surface area (TPSA) is 172 Å². The van der Waals surface area contributed by atoms with Gasteiger partial charge in [-0.2, -0.15) is 0 Å². The fraction of sp³-hybridized carbons (Fsp3) is 0.586. The summed E-state index contributed by atoms with van der Waals surface area (Å²) in [5.74, 6) is -2.63. The van der Waals surface area contributed by atoms with Crippen LogP contribution in [0.3, 0.4) is 0 Å². The number of nitrogens with one attached hydrogen (secondary N) is 4. The number of esters is 1. The molecule has 13 nitrogen and oxygen atoms in total. The summed E-state index contributed by atoms with van der Waals surface area (Å²) < 4.78 is 9.91. The Bertz CT molecular complexity index is 1120. The highest BCUT2D eigenvalue weighted by atomic mass is 16.6. The second-order valence-corrected chi connectivity index (χ2v) is 11.5. The number of amides is 5. The Hall–Kier alpha value is -4.16. The first kappa shape index (κ1) is 34.0. The van der Waals surface area contributed by atoms with Crippen molar-refractivity contribution in [3.8, 4) is 0 Å². The van der Waals surface area contributed by atoms with Crippen LogP contribution in [0.1, 0.15) is 64.2 Å². The maximum atomic E-state index is 13.3. The fourth-order valence-corrected chi connectivity index (χ4v) is 4.37. The molecule has 1 aliphatic rings. The summed E-state index contributed by atoms with van der Waals surface area (Å²) >= 11 is 0.